The number of rotatable bonds is 8. The van der Waals surface area contributed by atoms with Crippen LogP contribution in [0.3, 0.4) is 0 Å². The minimum atomic E-state index is -4.06. The SMILES string of the molecule is CCCN1CCN(c2cc(C(=O)O)c3cc(NS(=O)(=O)c4cc(Cl)ccc4OC)ccc3n2)CC1.Cl.Cl.Cl. The smallest absolute Gasteiger partial charge is 0.336 e. The number of sulfonamides is 1. The highest BCUT2D eigenvalue weighted by Crippen LogP contribution is 2.31. The van der Waals surface area contributed by atoms with Crippen LogP contribution in [0.15, 0.2) is 47.4 Å². The molecule has 1 aliphatic rings. The van der Waals surface area contributed by atoms with Gasteiger partial charge in [0.1, 0.15) is 16.5 Å². The lowest BCUT2D eigenvalue weighted by molar-refractivity contribution is 0.0699. The number of pyridine rings is 1. The number of hydrogen-bond donors (Lipinski definition) is 2. The van der Waals surface area contributed by atoms with Crippen molar-refractivity contribution < 1.29 is 23.1 Å². The Morgan fingerprint density at radius 1 is 1.08 bits per heavy atom. The number of benzene rings is 2. The molecule has 0 saturated carbocycles. The molecular weight excluding hydrogens is 598 g/mol. The van der Waals surface area contributed by atoms with Gasteiger partial charge in [0.15, 0.2) is 0 Å². The van der Waals surface area contributed by atoms with Crippen molar-refractivity contribution in [1.29, 1.82) is 0 Å². The third-order valence-electron chi connectivity index (χ3n) is 5.93. The van der Waals surface area contributed by atoms with Gasteiger partial charge in [-0.05, 0) is 55.4 Å². The summed E-state index contributed by atoms with van der Waals surface area (Å²) in [6.07, 6.45) is 1.09. The number of nitrogens with one attached hydrogen (secondary N) is 1. The fourth-order valence-corrected chi connectivity index (χ4v) is 5.68. The van der Waals surface area contributed by atoms with E-state index in [9.17, 15) is 18.3 Å². The molecule has 38 heavy (non-hydrogen) atoms. The predicted molar refractivity (Wildman–Crippen MR) is 158 cm³/mol. The molecule has 1 aliphatic heterocycles. The molecule has 0 radical (unpaired) electrons. The number of carbonyl (C=O) groups is 1. The number of carboxylic acid groups (broad SMARTS) is 1. The van der Waals surface area contributed by atoms with E-state index in [1.165, 1.54) is 31.4 Å². The molecule has 210 valence electrons. The summed E-state index contributed by atoms with van der Waals surface area (Å²) in [7, 11) is -2.69. The number of fused-ring (bicyclic) bond motifs is 1. The maximum Gasteiger partial charge on any atom is 0.336 e. The standard InChI is InChI=1S/C24H27ClN4O5S.3ClH/c1-3-8-28-9-11-29(12-10-28)23-15-19(24(30)31)18-14-17(5-6-20(18)26-23)27-35(32,33)22-13-16(25)4-7-21(22)34-2;;;/h4-7,13-15,27H,3,8-12H2,1-2H3,(H,30,31);3*1H. The highest BCUT2D eigenvalue weighted by Gasteiger charge is 2.23. The normalized spacial score (nSPS) is 13.6. The largest absolute Gasteiger partial charge is 0.495 e. The number of aromatic carboxylic acids is 1. The van der Waals surface area contributed by atoms with Crippen molar-refractivity contribution >= 4 is 87.2 Å². The number of ether oxygens (including phenoxy) is 1. The zero-order chi connectivity index (χ0) is 25.2. The molecule has 9 nitrogen and oxygen atoms in total. The summed E-state index contributed by atoms with van der Waals surface area (Å²) < 4.78 is 33.7. The topological polar surface area (TPSA) is 112 Å². The first kappa shape index (κ1) is 33.8. The second-order valence-corrected chi connectivity index (χ2v) is 10.4. The number of nitrogens with zero attached hydrogens (tertiary/aromatic N) is 3. The van der Waals surface area contributed by atoms with E-state index in [0.717, 1.165) is 39.1 Å². The van der Waals surface area contributed by atoms with Gasteiger partial charge in [0.05, 0.1) is 18.2 Å². The van der Waals surface area contributed by atoms with Crippen molar-refractivity contribution in [2.24, 2.45) is 0 Å². The summed E-state index contributed by atoms with van der Waals surface area (Å²) >= 11 is 5.99. The van der Waals surface area contributed by atoms with Crippen LogP contribution in [0.1, 0.15) is 23.7 Å². The van der Waals surface area contributed by atoms with Crippen LogP contribution in [0, 0.1) is 0 Å². The molecule has 1 aromatic heterocycles. The molecule has 14 heteroatoms. The molecule has 2 N–H and O–H groups in total. The molecule has 1 saturated heterocycles. The lowest BCUT2D eigenvalue weighted by Crippen LogP contribution is -2.46. The van der Waals surface area contributed by atoms with E-state index < -0.39 is 16.0 Å². The number of halogens is 4. The summed E-state index contributed by atoms with van der Waals surface area (Å²) in [6, 6.07) is 10.5. The Balaban J connectivity index is 0.00000241. The van der Waals surface area contributed by atoms with Crippen LogP contribution in [-0.4, -0.2) is 69.2 Å². The summed E-state index contributed by atoms with van der Waals surface area (Å²) in [5.41, 5.74) is 0.728. The molecule has 2 aromatic carbocycles. The van der Waals surface area contributed by atoms with Crippen LogP contribution in [-0.2, 0) is 10.0 Å². The Bertz CT molecular complexity index is 1370. The zero-order valence-corrected chi connectivity index (χ0v) is 24.7. The first-order valence-electron chi connectivity index (χ1n) is 11.2. The second-order valence-electron chi connectivity index (χ2n) is 8.29. The van der Waals surface area contributed by atoms with Gasteiger partial charge < -0.3 is 14.7 Å². The number of hydrogen-bond acceptors (Lipinski definition) is 7. The van der Waals surface area contributed by atoms with Crippen molar-refractivity contribution in [2.75, 3.05) is 49.5 Å². The van der Waals surface area contributed by atoms with Gasteiger partial charge in [0, 0.05) is 42.3 Å². The summed E-state index contributed by atoms with van der Waals surface area (Å²) in [6.45, 7) is 6.50. The quantitative estimate of drug-likeness (QED) is 0.351. The molecule has 1 fully saturated rings. The summed E-state index contributed by atoms with van der Waals surface area (Å²) in [5, 5.41) is 10.5. The Kier molecular flexibility index (Phi) is 12.7. The third kappa shape index (κ3) is 7.46. The molecule has 3 aromatic rings. The number of anilines is 2. The Morgan fingerprint density at radius 2 is 1.76 bits per heavy atom. The molecule has 0 spiro atoms. The summed E-state index contributed by atoms with van der Waals surface area (Å²) in [4.78, 5) is 21.1. The van der Waals surface area contributed by atoms with Gasteiger partial charge in [-0.25, -0.2) is 18.2 Å². The molecule has 4 rings (SSSR count). The molecule has 0 unspecified atom stereocenters. The van der Waals surface area contributed by atoms with Gasteiger partial charge >= 0.3 is 5.97 Å². The van der Waals surface area contributed by atoms with Crippen LogP contribution in [0.2, 0.25) is 5.02 Å². The third-order valence-corrected chi connectivity index (χ3v) is 7.57. The maximum atomic E-state index is 13.0. The average molecular weight is 628 g/mol. The Morgan fingerprint density at radius 3 is 2.37 bits per heavy atom. The van der Waals surface area contributed by atoms with Crippen molar-refractivity contribution in [3.63, 3.8) is 0 Å². The van der Waals surface area contributed by atoms with Crippen LogP contribution in [0.4, 0.5) is 11.5 Å². The fraction of sp³-hybridized carbons (Fsp3) is 0.333. The van der Waals surface area contributed by atoms with E-state index in [4.69, 9.17) is 16.3 Å². The molecule has 0 atom stereocenters. The average Bonchev–Trinajstić information content (AvgIpc) is 2.83. The van der Waals surface area contributed by atoms with Gasteiger partial charge in [0.2, 0.25) is 0 Å². The van der Waals surface area contributed by atoms with E-state index in [-0.39, 0.29) is 64.1 Å². The Labute approximate surface area is 245 Å². The zero-order valence-electron chi connectivity index (χ0n) is 20.7. The molecule has 0 bridgehead atoms. The van der Waals surface area contributed by atoms with Crippen LogP contribution in [0.5, 0.6) is 5.75 Å². The first-order valence-corrected chi connectivity index (χ1v) is 13.1. The van der Waals surface area contributed by atoms with Crippen molar-refractivity contribution in [2.45, 2.75) is 18.2 Å². The monoisotopic (exact) mass is 626 g/mol. The molecule has 2 heterocycles. The Hall–Kier alpha value is -2.21. The van der Waals surface area contributed by atoms with Crippen molar-refractivity contribution in [3.05, 3.63) is 53.1 Å². The van der Waals surface area contributed by atoms with E-state index in [1.807, 2.05) is 0 Å². The number of piperazine rings is 1. The van der Waals surface area contributed by atoms with Gasteiger partial charge in [-0.2, -0.15) is 0 Å². The van der Waals surface area contributed by atoms with Gasteiger partial charge in [-0.15, -0.1) is 37.2 Å². The van der Waals surface area contributed by atoms with Gasteiger partial charge in [0.25, 0.3) is 10.0 Å². The number of carboxylic acids is 1. The molecule has 0 amide bonds. The minimum Gasteiger partial charge on any atom is -0.495 e. The van der Waals surface area contributed by atoms with E-state index in [2.05, 4.69) is 26.4 Å². The van der Waals surface area contributed by atoms with E-state index in [1.54, 1.807) is 18.2 Å². The van der Waals surface area contributed by atoms with Crippen molar-refractivity contribution in [3.8, 4) is 5.75 Å². The van der Waals surface area contributed by atoms with E-state index in [0.29, 0.717) is 16.7 Å². The van der Waals surface area contributed by atoms with Crippen molar-refractivity contribution in [1.82, 2.24) is 9.88 Å². The van der Waals surface area contributed by atoms with Crippen LogP contribution in [0.25, 0.3) is 10.9 Å². The van der Waals surface area contributed by atoms with Crippen LogP contribution >= 0.6 is 48.8 Å². The van der Waals surface area contributed by atoms with E-state index >= 15 is 0 Å². The maximum absolute atomic E-state index is 13.0. The highest BCUT2D eigenvalue weighted by atomic mass is 35.5. The molecular formula is C24H30Cl4N4O5S. The van der Waals surface area contributed by atoms with Gasteiger partial charge in [-0.1, -0.05) is 18.5 Å². The number of methoxy groups -OCH3 is 1. The minimum absolute atomic E-state index is 0. The number of aromatic nitrogens is 1. The van der Waals surface area contributed by atoms with Gasteiger partial charge in [-0.3, -0.25) is 9.62 Å². The highest BCUT2D eigenvalue weighted by molar-refractivity contribution is 7.92. The second kappa shape index (κ2) is 14.3. The summed E-state index contributed by atoms with van der Waals surface area (Å²) in [5.74, 6) is -0.373. The predicted octanol–water partition coefficient (Wildman–Crippen LogP) is 5.19. The first-order chi connectivity index (χ1) is 16.7. The lowest BCUT2D eigenvalue weighted by Gasteiger charge is -2.35. The lowest BCUT2D eigenvalue weighted by atomic mass is 10.1. The van der Waals surface area contributed by atoms with Crippen LogP contribution < -0.4 is 14.4 Å². The molecule has 0 aliphatic carbocycles. The fourth-order valence-electron chi connectivity index (χ4n) is 4.20.